The van der Waals surface area contributed by atoms with E-state index in [4.69, 9.17) is 14.2 Å². The summed E-state index contributed by atoms with van der Waals surface area (Å²) >= 11 is 0. The Bertz CT molecular complexity index is 1220. The lowest BCUT2D eigenvalue weighted by Gasteiger charge is -2.09. The minimum Gasteiger partial charge on any atom is -0.493 e. The number of anilines is 1. The third-order valence-corrected chi connectivity index (χ3v) is 4.69. The summed E-state index contributed by atoms with van der Waals surface area (Å²) in [5.74, 6) is -1.06. The monoisotopic (exact) mass is 461 g/mol. The highest BCUT2D eigenvalue weighted by molar-refractivity contribution is 6.39. The molecule has 0 bridgehead atoms. The minimum absolute atomic E-state index is 0.301. The molecule has 0 spiro atoms. The van der Waals surface area contributed by atoms with E-state index in [0.29, 0.717) is 34.1 Å². The van der Waals surface area contributed by atoms with Crippen molar-refractivity contribution in [1.29, 1.82) is 0 Å². The van der Waals surface area contributed by atoms with Crippen LogP contribution in [-0.4, -0.2) is 38.2 Å². The largest absolute Gasteiger partial charge is 0.493 e. The van der Waals surface area contributed by atoms with Gasteiger partial charge in [-0.2, -0.15) is 5.10 Å². The molecule has 0 saturated heterocycles. The number of para-hydroxylation sites is 1. The van der Waals surface area contributed by atoms with Crippen LogP contribution in [-0.2, 0) is 9.59 Å². The maximum absolute atomic E-state index is 12.4. The molecular formula is C25H23N3O6. The smallest absolute Gasteiger partial charge is 0.343 e. The number of ether oxygens (including phenoxy) is 3. The van der Waals surface area contributed by atoms with Crippen molar-refractivity contribution in [2.24, 2.45) is 5.10 Å². The molecule has 2 amide bonds. The van der Waals surface area contributed by atoms with Crippen LogP contribution in [0.3, 0.4) is 0 Å². The summed E-state index contributed by atoms with van der Waals surface area (Å²) in [4.78, 5) is 36.3. The maximum atomic E-state index is 12.4. The van der Waals surface area contributed by atoms with E-state index in [2.05, 4.69) is 15.8 Å². The van der Waals surface area contributed by atoms with Crippen molar-refractivity contribution < 1.29 is 28.6 Å². The number of carbonyl (C=O) groups is 3. The molecule has 9 heteroatoms. The topological polar surface area (TPSA) is 115 Å². The number of hydrogen-bond donors (Lipinski definition) is 2. The van der Waals surface area contributed by atoms with Crippen LogP contribution >= 0.6 is 0 Å². The van der Waals surface area contributed by atoms with Gasteiger partial charge in [0.1, 0.15) is 5.75 Å². The van der Waals surface area contributed by atoms with E-state index in [1.54, 1.807) is 48.5 Å². The van der Waals surface area contributed by atoms with Crippen LogP contribution in [0.25, 0.3) is 0 Å². The van der Waals surface area contributed by atoms with Crippen molar-refractivity contribution in [3.8, 4) is 17.2 Å². The summed E-state index contributed by atoms with van der Waals surface area (Å²) in [5.41, 5.74) is 4.47. The number of nitrogens with one attached hydrogen (secondary N) is 2. The number of esters is 1. The number of methoxy groups -OCH3 is 2. The molecule has 0 saturated carbocycles. The van der Waals surface area contributed by atoms with Gasteiger partial charge in [0.25, 0.3) is 0 Å². The molecule has 0 aliphatic heterocycles. The Hall–Kier alpha value is -4.66. The third kappa shape index (κ3) is 6.19. The van der Waals surface area contributed by atoms with Gasteiger partial charge < -0.3 is 19.5 Å². The van der Waals surface area contributed by atoms with Gasteiger partial charge in [-0.15, -0.1) is 0 Å². The van der Waals surface area contributed by atoms with Crippen LogP contribution in [0.15, 0.2) is 71.8 Å². The van der Waals surface area contributed by atoms with Gasteiger partial charge in [0.2, 0.25) is 0 Å². The summed E-state index contributed by atoms with van der Waals surface area (Å²) in [7, 11) is 2.98. The van der Waals surface area contributed by atoms with Crippen LogP contribution in [0.4, 0.5) is 5.69 Å². The third-order valence-electron chi connectivity index (χ3n) is 4.69. The molecule has 3 aromatic rings. The number of rotatable bonds is 7. The number of hydrogen-bond acceptors (Lipinski definition) is 7. The second kappa shape index (κ2) is 11.3. The zero-order valence-corrected chi connectivity index (χ0v) is 18.8. The molecule has 174 valence electrons. The first kappa shape index (κ1) is 24.0. The Morgan fingerprint density at radius 3 is 2.24 bits per heavy atom. The van der Waals surface area contributed by atoms with Gasteiger partial charge in [-0.1, -0.05) is 18.2 Å². The molecule has 0 atom stereocenters. The summed E-state index contributed by atoms with van der Waals surface area (Å²) in [6, 6.07) is 18.3. The zero-order valence-electron chi connectivity index (χ0n) is 18.8. The summed E-state index contributed by atoms with van der Waals surface area (Å²) in [6.45, 7) is 1.82. The van der Waals surface area contributed by atoms with Crippen LogP contribution in [0.1, 0.15) is 21.5 Å². The standard InChI is InChI=1S/C25H23N3O6/c1-16-6-4-5-7-20(16)27-23(29)24(30)28-26-15-17-8-11-19(12-9-17)34-25(31)18-10-13-21(32-2)22(14-18)33-3/h4-15H,1-3H3,(H,27,29)(H,28,30)/b26-15+. The molecule has 34 heavy (non-hydrogen) atoms. The highest BCUT2D eigenvalue weighted by Gasteiger charge is 2.14. The molecule has 2 N–H and O–H groups in total. The van der Waals surface area contributed by atoms with Crippen LogP contribution < -0.4 is 25.0 Å². The maximum Gasteiger partial charge on any atom is 0.343 e. The van der Waals surface area contributed by atoms with Crippen molar-refractivity contribution in [1.82, 2.24) is 5.43 Å². The molecule has 9 nitrogen and oxygen atoms in total. The zero-order chi connectivity index (χ0) is 24.5. The first-order chi connectivity index (χ1) is 16.4. The number of benzene rings is 3. The van der Waals surface area contributed by atoms with E-state index >= 15 is 0 Å². The van der Waals surface area contributed by atoms with Crippen molar-refractivity contribution in [2.75, 3.05) is 19.5 Å². The lowest BCUT2D eigenvalue weighted by molar-refractivity contribution is -0.136. The Morgan fingerprint density at radius 1 is 0.853 bits per heavy atom. The SMILES string of the molecule is COc1ccc(C(=O)Oc2ccc(/C=N/NC(=O)C(=O)Nc3ccccc3C)cc2)cc1OC. The quantitative estimate of drug-likeness (QED) is 0.183. The van der Waals surface area contributed by atoms with Crippen molar-refractivity contribution in [3.05, 3.63) is 83.4 Å². The number of nitrogens with zero attached hydrogens (tertiary/aromatic N) is 1. The molecular weight excluding hydrogens is 438 g/mol. The Labute approximate surface area is 196 Å². The van der Waals surface area contributed by atoms with Gasteiger partial charge in [0.15, 0.2) is 11.5 Å². The lowest BCUT2D eigenvalue weighted by atomic mass is 10.2. The van der Waals surface area contributed by atoms with Crippen molar-refractivity contribution >= 4 is 29.7 Å². The predicted molar refractivity (Wildman–Crippen MR) is 126 cm³/mol. The van der Waals surface area contributed by atoms with E-state index in [1.807, 2.05) is 19.1 Å². The number of aryl methyl sites for hydroxylation is 1. The molecule has 0 radical (unpaired) electrons. The second-order valence-corrected chi connectivity index (χ2v) is 7.00. The molecule has 0 fully saturated rings. The van der Waals surface area contributed by atoms with Gasteiger partial charge in [0.05, 0.1) is 26.0 Å². The molecule has 0 aliphatic carbocycles. The Balaban J connectivity index is 1.54. The van der Waals surface area contributed by atoms with Crippen LogP contribution in [0.5, 0.6) is 17.2 Å². The Kier molecular flexibility index (Phi) is 7.96. The average molecular weight is 461 g/mol. The first-order valence-corrected chi connectivity index (χ1v) is 10.2. The van der Waals surface area contributed by atoms with Crippen LogP contribution in [0, 0.1) is 6.92 Å². The molecule has 0 aromatic heterocycles. The fourth-order valence-corrected chi connectivity index (χ4v) is 2.86. The summed E-state index contributed by atoms with van der Waals surface area (Å²) in [6.07, 6.45) is 1.36. The predicted octanol–water partition coefficient (Wildman–Crippen LogP) is 3.32. The molecule has 0 unspecified atom stereocenters. The highest BCUT2D eigenvalue weighted by Crippen LogP contribution is 2.28. The highest BCUT2D eigenvalue weighted by atomic mass is 16.5. The first-order valence-electron chi connectivity index (χ1n) is 10.2. The van der Waals surface area contributed by atoms with E-state index < -0.39 is 17.8 Å². The summed E-state index contributed by atoms with van der Waals surface area (Å²) in [5, 5.41) is 6.30. The van der Waals surface area contributed by atoms with Crippen molar-refractivity contribution in [2.45, 2.75) is 6.92 Å². The van der Waals surface area contributed by atoms with E-state index in [0.717, 1.165) is 5.56 Å². The molecule has 3 aromatic carbocycles. The van der Waals surface area contributed by atoms with Gasteiger partial charge in [-0.05, 0) is 66.6 Å². The van der Waals surface area contributed by atoms with E-state index in [-0.39, 0.29) is 0 Å². The van der Waals surface area contributed by atoms with Gasteiger partial charge in [-0.3, -0.25) is 9.59 Å². The van der Waals surface area contributed by atoms with Crippen molar-refractivity contribution in [3.63, 3.8) is 0 Å². The van der Waals surface area contributed by atoms with E-state index in [1.165, 1.54) is 26.5 Å². The summed E-state index contributed by atoms with van der Waals surface area (Å²) < 4.78 is 15.7. The van der Waals surface area contributed by atoms with Gasteiger partial charge >= 0.3 is 17.8 Å². The van der Waals surface area contributed by atoms with Gasteiger partial charge in [0, 0.05) is 5.69 Å². The Morgan fingerprint density at radius 2 is 1.56 bits per heavy atom. The molecule has 0 aliphatic rings. The second-order valence-electron chi connectivity index (χ2n) is 7.00. The van der Waals surface area contributed by atoms with Gasteiger partial charge in [-0.25, -0.2) is 10.2 Å². The lowest BCUT2D eigenvalue weighted by Crippen LogP contribution is -2.32. The number of hydrazone groups is 1. The fourth-order valence-electron chi connectivity index (χ4n) is 2.86. The normalized spacial score (nSPS) is 10.4. The molecule has 3 rings (SSSR count). The van der Waals surface area contributed by atoms with Crippen LogP contribution in [0.2, 0.25) is 0 Å². The van der Waals surface area contributed by atoms with E-state index in [9.17, 15) is 14.4 Å². The number of amides is 2. The average Bonchev–Trinajstić information content (AvgIpc) is 2.85. The minimum atomic E-state index is -0.903. The molecule has 0 heterocycles. The fraction of sp³-hybridized carbons (Fsp3) is 0.120. The number of carbonyl (C=O) groups excluding carboxylic acids is 3.